The van der Waals surface area contributed by atoms with Crippen molar-refractivity contribution in [3.05, 3.63) is 45.1 Å². The van der Waals surface area contributed by atoms with Gasteiger partial charge in [-0.3, -0.25) is 9.48 Å². The second-order valence-corrected chi connectivity index (χ2v) is 5.70. The third-order valence-corrected chi connectivity index (χ3v) is 4.45. The fourth-order valence-electron chi connectivity index (χ4n) is 2.77. The van der Waals surface area contributed by atoms with Gasteiger partial charge in [0.1, 0.15) is 5.82 Å². The van der Waals surface area contributed by atoms with Crippen molar-refractivity contribution in [1.29, 1.82) is 0 Å². The minimum absolute atomic E-state index is 0.0402. The van der Waals surface area contributed by atoms with Crippen LogP contribution in [0.25, 0.3) is 0 Å². The Kier molecular flexibility index (Phi) is 3.22. The van der Waals surface area contributed by atoms with Gasteiger partial charge < -0.3 is 5.32 Å². The number of hydrogen-bond donors (Lipinski definition) is 1. The van der Waals surface area contributed by atoms with Crippen molar-refractivity contribution in [1.82, 2.24) is 9.78 Å². The minimum atomic E-state index is -0.112. The number of amides is 1. The maximum atomic E-state index is 11.9. The highest BCUT2D eigenvalue weighted by atomic mass is 35.5. The number of anilines is 1. The molecule has 1 unspecified atom stereocenters. The zero-order chi connectivity index (χ0) is 14.4. The van der Waals surface area contributed by atoms with E-state index in [9.17, 15) is 4.79 Å². The molecule has 0 aliphatic carbocycles. The summed E-state index contributed by atoms with van der Waals surface area (Å²) in [6.45, 7) is 1.93. The van der Waals surface area contributed by atoms with Gasteiger partial charge in [0.05, 0.1) is 15.7 Å². The Balaban J connectivity index is 2.21. The largest absolute Gasteiger partial charge is 0.311 e. The van der Waals surface area contributed by atoms with Gasteiger partial charge in [-0.1, -0.05) is 35.3 Å². The zero-order valence-corrected chi connectivity index (χ0v) is 12.6. The number of rotatable bonds is 1. The van der Waals surface area contributed by atoms with Gasteiger partial charge in [-0.05, 0) is 18.6 Å². The van der Waals surface area contributed by atoms with Crippen molar-refractivity contribution >= 4 is 34.9 Å². The molecule has 2 heterocycles. The highest BCUT2D eigenvalue weighted by Gasteiger charge is 2.32. The van der Waals surface area contributed by atoms with Crippen molar-refractivity contribution in [3.63, 3.8) is 0 Å². The Morgan fingerprint density at radius 3 is 2.90 bits per heavy atom. The molecule has 20 heavy (non-hydrogen) atoms. The van der Waals surface area contributed by atoms with Gasteiger partial charge in [-0.25, -0.2) is 0 Å². The van der Waals surface area contributed by atoms with E-state index in [0.717, 1.165) is 22.6 Å². The van der Waals surface area contributed by atoms with Crippen molar-refractivity contribution in [2.45, 2.75) is 19.3 Å². The smallest absolute Gasteiger partial charge is 0.226 e. The average Bonchev–Trinajstić information content (AvgIpc) is 2.67. The summed E-state index contributed by atoms with van der Waals surface area (Å²) in [6, 6.07) is 5.50. The first-order valence-corrected chi connectivity index (χ1v) is 7.02. The van der Waals surface area contributed by atoms with Crippen LogP contribution in [-0.2, 0) is 11.8 Å². The van der Waals surface area contributed by atoms with Gasteiger partial charge in [0.25, 0.3) is 0 Å². The molecular formula is C14H13Cl2N3O. The van der Waals surface area contributed by atoms with Crippen LogP contribution in [0.15, 0.2) is 18.2 Å². The Labute approximate surface area is 126 Å². The first-order chi connectivity index (χ1) is 9.49. The molecule has 2 aromatic rings. The fraction of sp³-hybridized carbons (Fsp3) is 0.286. The highest BCUT2D eigenvalue weighted by molar-refractivity contribution is 6.42. The van der Waals surface area contributed by atoms with Crippen LogP contribution in [0.5, 0.6) is 0 Å². The van der Waals surface area contributed by atoms with Gasteiger partial charge in [-0.2, -0.15) is 5.10 Å². The third kappa shape index (κ3) is 2.00. The summed E-state index contributed by atoms with van der Waals surface area (Å²) in [7, 11) is 1.81. The first kappa shape index (κ1) is 13.5. The summed E-state index contributed by atoms with van der Waals surface area (Å²) >= 11 is 12.4. The number of carbonyl (C=O) groups is 1. The molecule has 0 fully saturated rings. The van der Waals surface area contributed by atoms with Crippen LogP contribution in [0, 0.1) is 6.92 Å². The lowest BCUT2D eigenvalue weighted by Gasteiger charge is -2.25. The third-order valence-electron chi connectivity index (χ3n) is 3.62. The lowest BCUT2D eigenvalue weighted by Crippen LogP contribution is -2.24. The van der Waals surface area contributed by atoms with E-state index in [-0.39, 0.29) is 11.8 Å². The molecule has 1 aromatic carbocycles. The molecule has 1 aliphatic heterocycles. The number of nitrogens with zero attached hydrogens (tertiary/aromatic N) is 2. The molecule has 1 aromatic heterocycles. The van der Waals surface area contributed by atoms with E-state index in [0.29, 0.717) is 16.5 Å². The molecule has 0 bridgehead atoms. The molecular weight excluding hydrogens is 297 g/mol. The Morgan fingerprint density at radius 2 is 2.15 bits per heavy atom. The fourth-order valence-corrected chi connectivity index (χ4v) is 3.21. The predicted octanol–water partition coefficient (Wildman–Crippen LogP) is 3.51. The second-order valence-electron chi connectivity index (χ2n) is 4.92. The topological polar surface area (TPSA) is 46.9 Å². The summed E-state index contributed by atoms with van der Waals surface area (Å²) in [5, 5.41) is 8.25. The van der Waals surface area contributed by atoms with Crippen LogP contribution >= 0.6 is 23.2 Å². The minimum Gasteiger partial charge on any atom is -0.311 e. The number of carbonyl (C=O) groups excluding carboxylic acids is 1. The van der Waals surface area contributed by atoms with Gasteiger partial charge >= 0.3 is 0 Å². The van der Waals surface area contributed by atoms with Gasteiger partial charge in [0.15, 0.2) is 0 Å². The van der Waals surface area contributed by atoms with Crippen LogP contribution in [0.3, 0.4) is 0 Å². The van der Waals surface area contributed by atoms with E-state index < -0.39 is 0 Å². The number of hydrogen-bond acceptors (Lipinski definition) is 2. The summed E-state index contributed by atoms with van der Waals surface area (Å²) in [5.41, 5.74) is 2.77. The normalized spacial score (nSPS) is 17.8. The van der Waals surface area contributed by atoms with Crippen LogP contribution in [0.1, 0.15) is 29.2 Å². The number of halogens is 2. The standard InChI is InChI=1S/C14H13Cl2N3O/c1-7-12-9(8-4-3-5-10(15)13(8)16)6-11(20)17-14(12)19(2)18-7/h3-5,9H,6H2,1-2H3,(H,17,20). The first-order valence-electron chi connectivity index (χ1n) is 6.26. The molecule has 1 N–H and O–H groups in total. The number of nitrogens with one attached hydrogen (secondary N) is 1. The monoisotopic (exact) mass is 309 g/mol. The molecule has 1 amide bonds. The van der Waals surface area contributed by atoms with E-state index in [1.54, 1.807) is 10.7 Å². The number of aryl methyl sites for hydroxylation is 2. The molecule has 1 atom stereocenters. The molecule has 0 saturated heterocycles. The van der Waals surface area contributed by atoms with Crippen LogP contribution in [-0.4, -0.2) is 15.7 Å². The Hall–Kier alpha value is -1.52. The average molecular weight is 310 g/mol. The molecule has 0 spiro atoms. The predicted molar refractivity (Wildman–Crippen MR) is 79.5 cm³/mol. The summed E-state index contributed by atoms with van der Waals surface area (Å²) in [4.78, 5) is 11.9. The molecule has 0 radical (unpaired) electrons. The van der Waals surface area contributed by atoms with E-state index in [1.165, 1.54) is 0 Å². The maximum absolute atomic E-state index is 11.9. The van der Waals surface area contributed by atoms with Gasteiger partial charge in [-0.15, -0.1) is 0 Å². The van der Waals surface area contributed by atoms with Gasteiger partial charge in [0, 0.05) is 24.9 Å². The van der Waals surface area contributed by atoms with E-state index in [4.69, 9.17) is 23.2 Å². The maximum Gasteiger partial charge on any atom is 0.226 e. The molecule has 0 saturated carbocycles. The second kappa shape index (κ2) is 4.79. The molecule has 4 nitrogen and oxygen atoms in total. The van der Waals surface area contributed by atoms with Crippen LogP contribution < -0.4 is 5.32 Å². The van der Waals surface area contributed by atoms with E-state index >= 15 is 0 Å². The number of aromatic nitrogens is 2. The summed E-state index contributed by atoms with van der Waals surface area (Å²) in [5.74, 6) is 0.583. The van der Waals surface area contributed by atoms with Crippen LogP contribution in [0.4, 0.5) is 5.82 Å². The lowest BCUT2D eigenvalue weighted by atomic mass is 9.86. The highest BCUT2D eigenvalue weighted by Crippen LogP contribution is 2.42. The van der Waals surface area contributed by atoms with E-state index in [1.807, 2.05) is 26.1 Å². The SMILES string of the molecule is Cc1nn(C)c2c1C(c1cccc(Cl)c1Cl)CC(=O)N2. The van der Waals surface area contributed by atoms with Crippen molar-refractivity contribution in [2.75, 3.05) is 5.32 Å². The van der Waals surface area contributed by atoms with Crippen molar-refractivity contribution < 1.29 is 4.79 Å². The van der Waals surface area contributed by atoms with Crippen LogP contribution in [0.2, 0.25) is 10.0 Å². The lowest BCUT2D eigenvalue weighted by molar-refractivity contribution is -0.116. The summed E-state index contributed by atoms with van der Waals surface area (Å²) in [6.07, 6.45) is 0.347. The zero-order valence-electron chi connectivity index (χ0n) is 11.1. The Morgan fingerprint density at radius 1 is 1.40 bits per heavy atom. The Bertz CT molecular complexity index is 709. The van der Waals surface area contributed by atoms with E-state index in [2.05, 4.69) is 10.4 Å². The number of benzene rings is 1. The summed E-state index contributed by atoms with van der Waals surface area (Å²) < 4.78 is 1.69. The quantitative estimate of drug-likeness (QED) is 0.876. The molecule has 104 valence electrons. The molecule has 6 heteroatoms. The molecule has 3 rings (SSSR count). The number of fused-ring (bicyclic) bond motifs is 1. The van der Waals surface area contributed by atoms with Crippen molar-refractivity contribution in [3.8, 4) is 0 Å². The van der Waals surface area contributed by atoms with Crippen molar-refractivity contribution in [2.24, 2.45) is 7.05 Å². The van der Waals surface area contributed by atoms with Gasteiger partial charge in [0.2, 0.25) is 5.91 Å². The molecule has 1 aliphatic rings.